The predicted octanol–water partition coefficient (Wildman–Crippen LogP) is 2.37. The zero-order valence-electron chi connectivity index (χ0n) is 14.6. The fraction of sp³-hybridized carbons (Fsp3) is 0.263. The number of carbonyl (C=O) groups is 2. The van der Waals surface area contributed by atoms with Crippen LogP contribution in [0.4, 0.5) is 0 Å². The Morgan fingerprint density at radius 1 is 1.07 bits per heavy atom. The summed E-state index contributed by atoms with van der Waals surface area (Å²) in [7, 11) is -3.57. The van der Waals surface area contributed by atoms with Crippen LogP contribution in [0.5, 0.6) is 0 Å². The standard InChI is InChI=1S/C19H20N2O5S/c22-18(12-14-6-4-5-7-14)20-21-19(23)17-11-10-15(26-17)13-27(24,25)16-8-2-1-3-9-16/h1-4,6,8-11,14H,5,7,12-13H2,(H,20,22)(H,21,23)/t14-/m0/s1. The van der Waals surface area contributed by atoms with E-state index in [2.05, 4.69) is 10.9 Å². The maximum absolute atomic E-state index is 12.3. The molecule has 1 atom stereocenters. The minimum atomic E-state index is -3.57. The molecule has 1 aromatic heterocycles. The number of hydrazine groups is 1. The third-order valence-electron chi connectivity index (χ3n) is 4.20. The maximum atomic E-state index is 12.3. The molecule has 1 heterocycles. The number of sulfone groups is 1. The molecule has 0 unspecified atom stereocenters. The summed E-state index contributed by atoms with van der Waals surface area (Å²) < 4.78 is 30.0. The van der Waals surface area contributed by atoms with Gasteiger partial charge in [-0.05, 0) is 43.0 Å². The zero-order valence-corrected chi connectivity index (χ0v) is 15.4. The summed E-state index contributed by atoms with van der Waals surface area (Å²) in [6, 6.07) is 10.8. The fourth-order valence-electron chi connectivity index (χ4n) is 2.82. The van der Waals surface area contributed by atoms with Gasteiger partial charge in [-0.1, -0.05) is 30.4 Å². The molecule has 0 saturated carbocycles. The van der Waals surface area contributed by atoms with Crippen molar-refractivity contribution in [3.8, 4) is 0 Å². The van der Waals surface area contributed by atoms with Crippen LogP contribution in [0.1, 0.15) is 35.6 Å². The average Bonchev–Trinajstić information content (AvgIpc) is 3.32. The van der Waals surface area contributed by atoms with Crippen LogP contribution < -0.4 is 10.9 Å². The molecule has 1 aromatic carbocycles. The zero-order chi connectivity index (χ0) is 19.3. The number of benzene rings is 1. The molecular weight excluding hydrogens is 368 g/mol. The first-order chi connectivity index (χ1) is 12.9. The second-order valence-electron chi connectivity index (χ2n) is 6.31. The molecule has 2 amide bonds. The maximum Gasteiger partial charge on any atom is 0.305 e. The molecule has 2 aromatic rings. The van der Waals surface area contributed by atoms with Gasteiger partial charge < -0.3 is 4.42 Å². The first-order valence-corrected chi connectivity index (χ1v) is 10.2. The molecule has 0 radical (unpaired) electrons. The van der Waals surface area contributed by atoms with Crippen molar-refractivity contribution < 1.29 is 22.4 Å². The number of rotatable bonds is 6. The molecule has 3 rings (SSSR count). The van der Waals surface area contributed by atoms with Crippen LogP contribution in [-0.4, -0.2) is 20.2 Å². The van der Waals surface area contributed by atoms with Crippen LogP contribution in [0.2, 0.25) is 0 Å². The lowest BCUT2D eigenvalue weighted by Crippen LogP contribution is -2.42. The fourth-order valence-corrected chi connectivity index (χ4v) is 4.09. The summed E-state index contributed by atoms with van der Waals surface area (Å²) in [6.07, 6.45) is 6.22. The van der Waals surface area contributed by atoms with Gasteiger partial charge in [-0.25, -0.2) is 8.42 Å². The van der Waals surface area contributed by atoms with Gasteiger partial charge in [0.15, 0.2) is 15.6 Å². The van der Waals surface area contributed by atoms with Gasteiger partial charge in [0, 0.05) is 6.42 Å². The van der Waals surface area contributed by atoms with Crippen molar-refractivity contribution >= 4 is 21.7 Å². The Morgan fingerprint density at radius 2 is 1.85 bits per heavy atom. The van der Waals surface area contributed by atoms with Gasteiger partial charge in [-0.3, -0.25) is 20.4 Å². The largest absolute Gasteiger partial charge is 0.455 e. The highest BCUT2D eigenvalue weighted by atomic mass is 32.2. The third-order valence-corrected chi connectivity index (χ3v) is 5.85. The third kappa shape index (κ3) is 5.07. The number of furan rings is 1. The molecule has 0 fully saturated rings. The van der Waals surface area contributed by atoms with E-state index in [9.17, 15) is 18.0 Å². The van der Waals surface area contributed by atoms with Crippen molar-refractivity contribution in [2.24, 2.45) is 5.92 Å². The normalized spacial score (nSPS) is 16.2. The number of hydrogen-bond acceptors (Lipinski definition) is 5. The lowest BCUT2D eigenvalue weighted by molar-refractivity contribution is -0.122. The molecule has 0 saturated heterocycles. The molecule has 27 heavy (non-hydrogen) atoms. The van der Waals surface area contributed by atoms with E-state index >= 15 is 0 Å². The van der Waals surface area contributed by atoms with Gasteiger partial charge >= 0.3 is 5.91 Å². The van der Waals surface area contributed by atoms with Crippen LogP contribution in [0.15, 0.2) is 63.9 Å². The van der Waals surface area contributed by atoms with Crippen molar-refractivity contribution in [2.75, 3.05) is 0 Å². The van der Waals surface area contributed by atoms with E-state index in [0.29, 0.717) is 6.42 Å². The summed E-state index contributed by atoms with van der Waals surface area (Å²) in [4.78, 5) is 24.0. The lowest BCUT2D eigenvalue weighted by Gasteiger charge is -2.09. The second kappa shape index (κ2) is 8.22. The molecule has 0 bridgehead atoms. The Kier molecular flexibility index (Phi) is 5.75. The van der Waals surface area contributed by atoms with Crippen LogP contribution >= 0.6 is 0 Å². The van der Waals surface area contributed by atoms with Gasteiger partial charge in [-0.15, -0.1) is 0 Å². The van der Waals surface area contributed by atoms with E-state index < -0.39 is 15.7 Å². The Labute approximate surface area is 157 Å². The van der Waals surface area contributed by atoms with E-state index in [-0.39, 0.29) is 34.0 Å². The number of hydrogen-bond donors (Lipinski definition) is 2. The molecule has 0 aliphatic heterocycles. The van der Waals surface area contributed by atoms with E-state index in [1.807, 2.05) is 12.2 Å². The van der Waals surface area contributed by atoms with Crippen molar-refractivity contribution in [1.29, 1.82) is 0 Å². The summed E-state index contributed by atoms with van der Waals surface area (Å²) in [5.74, 6) is -1.03. The van der Waals surface area contributed by atoms with Crippen molar-refractivity contribution in [2.45, 2.75) is 29.9 Å². The summed E-state index contributed by atoms with van der Waals surface area (Å²) in [5.41, 5.74) is 4.62. The van der Waals surface area contributed by atoms with E-state index in [4.69, 9.17) is 4.42 Å². The van der Waals surface area contributed by atoms with Gasteiger partial charge in [0.2, 0.25) is 5.91 Å². The molecule has 1 aliphatic rings. The van der Waals surface area contributed by atoms with Crippen molar-refractivity contribution in [1.82, 2.24) is 10.9 Å². The average molecular weight is 388 g/mol. The molecule has 8 heteroatoms. The summed E-state index contributed by atoms with van der Waals surface area (Å²) in [6.45, 7) is 0. The molecular formula is C19H20N2O5S. The first kappa shape index (κ1) is 18.9. The second-order valence-corrected chi connectivity index (χ2v) is 8.30. The lowest BCUT2D eigenvalue weighted by atomic mass is 10.1. The highest BCUT2D eigenvalue weighted by molar-refractivity contribution is 7.90. The van der Waals surface area contributed by atoms with Crippen LogP contribution in [0.25, 0.3) is 0 Å². The smallest absolute Gasteiger partial charge is 0.305 e. The Hall–Kier alpha value is -2.87. The Bertz CT molecular complexity index is 947. The molecule has 2 N–H and O–H groups in total. The first-order valence-electron chi connectivity index (χ1n) is 8.56. The highest BCUT2D eigenvalue weighted by Gasteiger charge is 2.20. The highest BCUT2D eigenvalue weighted by Crippen LogP contribution is 2.20. The number of amides is 2. The van der Waals surface area contributed by atoms with Gasteiger partial charge in [0.1, 0.15) is 11.5 Å². The summed E-state index contributed by atoms with van der Waals surface area (Å²) >= 11 is 0. The molecule has 0 spiro atoms. The summed E-state index contributed by atoms with van der Waals surface area (Å²) in [5, 5.41) is 0. The van der Waals surface area contributed by atoms with Crippen LogP contribution in [-0.2, 0) is 20.4 Å². The quantitative estimate of drug-likeness (QED) is 0.584. The van der Waals surface area contributed by atoms with E-state index in [1.165, 1.54) is 24.3 Å². The van der Waals surface area contributed by atoms with Gasteiger partial charge in [-0.2, -0.15) is 0 Å². The number of carbonyl (C=O) groups excluding carboxylic acids is 2. The number of nitrogens with one attached hydrogen (secondary N) is 2. The molecule has 7 nitrogen and oxygen atoms in total. The van der Waals surface area contributed by atoms with E-state index in [1.54, 1.807) is 18.2 Å². The topological polar surface area (TPSA) is 105 Å². The van der Waals surface area contributed by atoms with Crippen LogP contribution in [0.3, 0.4) is 0 Å². The van der Waals surface area contributed by atoms with Crippen molar-refractivity contribution in [3.05, 3.63) is 66.1 Å². The minimum absolute atomic E-state index is 0.0747. The SMILES string of the molecule is O=C(C[C@H]1C=CCC1)NNC(=O)c1ccc(CS(=O)(=O)c2ccccc2)o1. The van der Waals surface area contributed by atoms with Crippen molar-refractivity contribution in [3.63, 3.8) is 0 Å². The predicted molar refractivity (Wildman–Crippen MR) is 98.1 cm³/mol. The van der Waals surface area contributed by atoms with E-state index in [0.717, 1.165) is 12.8 Å². The van der Waals surface area contributed by atoms with Gasteiger partial charge in [0.05, 0.1) is 4.90 Å². The monoisotopic (exact) mass is 388 g/mol. The number of allylic oxidation sites excluding steroid dienone is 2. The van der Waals surface area contributed by atoms with Crippen LogP contribution in [0, 0.1) is 5.92 Å². The Morgan fingerprint density at radius 3 is 2.56 bits per heavy atom. The molecule has 142 valence electrons. The Balaban J connectivity index is 1.54. The minimum Gasteiger partial charge on any atom is -0.455 e. The molecule has 1 aliphatic carbocycles. The van der Waals surface area contributed by atoms with Gasteiger partial charge in [0.25, 0.3) is 0 Å².